The van der Waals surface area contributed by atoms with E-state index >= 15 is 0 Å². The summed E-state index contributed by atoms with van der Waals surface area (Å²) in [5.41, 5.74) is 0.0599. The van der Waals surface area contributed by atoms with Crippen molar-refractivity contribution in [3.8, 4) is 0 Å². The summed E-state index contributed by atoms with van der Waals surface area (Å²) in [6, 6.07) is 0. The molecular formula is C13H22O3S. The van der Waals surface area contributed by atoms with Crippen molar-refractivity contribution in [3.63, 3.8) is 0 Å². The van der Waals surface area contributed by atoms with E-state index in [1.165, 1.54) is 0 Å². The lowest BCUT2D eigenvalue weighted by Crippen LogP contribution is -2.48. The summed E-state index contributed by atoms with van der Waals surface area (Å²) in [7, 11) is 1.74. The molecule has 3 nitrogen and oxygen atoms in total. The lowest BCUT2D eigenvalue weighted by atomic mass is 9.84. The first-order chi connectivity index (χ1) is 7.92. The molecule has 0 bridgehead atoms. The fraction of sp³-hybridized carbons (Fsp3) is 0.769. The molecule has 0 aromatic rings. The molecule has 0 spiro atoms. The third-order valence-electron chi connectivity index (χ3n) is 3.41. The highest BCUT2D eigenvalue weighted by Gasteiger charge is 2.42. The Morgan fingerprint density at radius 2 is 2.18 bits per heavy atom. The Labute approximate surface area is 108 Å². The largest absolute Gasteiger partial charge is 0.455 e. The van der Waals surface area contributed by atoms with E-state index < -0.39 is 5.60 Å². The maximum Gasteiger partial charge on any atom is 0.333 e. The van der Waals surface area contributed by atoms with Gasteiger partial charge in [0.1, 0.15) is 5.60 Å². The van der Waals surface area contributed by atoms with Crippen molar-refractivity contribution in [2.75, 3.05) is 13.4 Å². The minimum Gasteiger partial charge on any atom is -0.455 e. The summed E-state index contributed by atoms with van der Waals surface area (Å²) in [6.45, 7) is 7.32. The maximum absolute atomic E-state index is 11.7. The van der Waals surface area contributed by atoms with E-state index in [1.54, 1.807) is 25.8 Å². The minimum atomic E-state index is -0.398. The second-order valence-corrected chi connectivity index (χ2v) is 5.88. The zero-order valence-corrected chi connectivity index (χ0v) is 11.9. The van der Waals surface area contributed by atoms with Gasteiger partial charge < -0.3 is 9.47 Å². The van der Waals surface area contributed by atoms with Crippen molar-refractivity contribution < 1.29 is 14.3 Å². The Balaban J connectivity index is 2.73. The van der Waals surface area contributed by atoms with E-state index in [0.29, 0.717) is 5.57 Å². The molecule has 4 heteroatoms. The SMILES string of the molecule is C=C(C)C(=O)OC1(C)CCC(OC)CC1SC. The van der Waals surface area contributed by atoms with Crippen LogP contribution in [0.2, 0.25) is 0 Å². The zero-order valence-electron chi connectivity index (χ0n) is 11.1. The molecule has 1 aliphatic carbocycles. The average Bonchev–Trinajstić information content (AvgIpc) is 2.29. The van der Waals surface area contributed by atoms with Gasteiger partial charge in [0.15, 0.2) is 0 Å². The molecule has 3 unspecified atom stereocenters. The number of thioether (sulfide) groups is 1. The molecule has 0 aromatic carbocycles. The molecule has 0 radical (unpaired) electrons. The number of hydrogen-bond acceptors (Lipinski definition) is 4. The molecule has 0 saturated heterocycles. The minimum absolute atomic E-state index is 0.282. The van der Waals surface area contributed by atoms with Gasteiger partial charge in [0.05, 0.1) is 6.10 Å². The highest BCUT2D eigenvalue weighted by Crippen LogP contribution is 2.39. The monoisotopic (exact) mass is 258 g/mol. The molecule has 1 rings (SSSR count). The van der Waals surface area contributed by atoms with E-state index in [9.17, 15) is 4.79 Å². The Bertz CT molecular complexity index is 303. The first-order valence-corrected chi connectivity index (χ1v) is 7.16. The van der Waals surface area contributed by atoms with E-state index in [1.807, 2.05) is 6.92 Å². The van der Waals surface area contributed by atoms with Crippen molar-refractivity contribution in [3.05, 3.63) is 12.2 Å². The number of rotatable bonds is 4. The quantitative estimate of drug-likeness (QED) is 0.574. The molecule has 0 heterocycles. The fourth-order valence-electron chi connectivity index (χ4n) is 2.19. The summed E-state index contributed by atoms with van der Waals surface area (Å²) >= 11 is 1.74. The van der Waals surface area contributed by atoms with Crippen LogP contribution in [0.15, 0.2) is 12.2 Å². The van der Waals surface area contributed by atoms with Crippen molar-refractivity contribution >= 4 is 17.7 Å². The van der Waals surface area contributed by atoms with Crippen molar-refractivity contribution in [1.29, 1.82) is 0 Å². The van der Waals surface area contributed by atoms with Crippen LogP contribution in [-0.4, -0.2) is 36.3 Å². The highest BCUT2D eigenvalue weighted by molar-refractivity contribution is 7.99. The molecule has 0 amide bonds. The molecule has 0 aromatic heterocycles. The molecule has 1 fully saturated rings. The molecular weight excluding hydrogens is 236 g/mol. The summed E-state index contributed by atoms with van der Waals surface area (Å²) in [4.78, 5) is 11.7. The Kier molecular flexibility index (Phi) is 5.07. The van der Waals surface area contributed by atoms with Crippen LogP contribution in [0.1, 0.15) is 33.1 Å². The molecule has 17 heavy (non-hydrogen) atoms. The van der Waals surface area contributed by atoms with Gasteiger partial charge in [-0.1, -0.05) is 6.58 Å². The predicted octanol–water partition coefficient (Wildman–Crippen LogP) is 2.79. The molecule has 0 N–H and O–H groups in total. The van der Waals surface area contributed by atoms with Crippen molar-refractivity contribution in [2.45, 2.75) is 50.1 Å². The second kappa shape index (κ2) is 5.91. The third kappa shape index (κ3) is 3.49. The number of carbonyl (C=O) groups excluding carboxylic acids is 1. The van der Waals surface area contributed by atoms with Crippen LogP contribution in [0.25, 0.3) is 0 Å². The summed E-state index contributed by atoms with van der Waals surface area (Å²) in [6.07, 6.45) is 5.04. The van der Waals surface area contributed by atoms with E-state index in [0.717, 1.165) is 19.3 Å². The van der Waals surface area contributed by atoms with Crippen LogP contribution < -0.4 is 0 Å². The van der Waals surface area contributed by atoms with E-state index in [-0.39, 0.29) is 17.3 Å². The number of esters is 1. The lowest BCUT2D eigenvalue weighted by Gasteiger charge is -2.42. The lowest BCUT2D eigenvalue weighted by molar-refractivity contribution is -0.157. The molecule has 3 atom stereocenters. The Morgan fingerprint density at radius 3 is 2.65 bits per heavy atom. The second-order valence-electron chi connectivity index (χ2n) is 4.84. The topological polar surface area (TPSA) is 35.5 Å². The molecule has 1 saturated carbocycles. The molecule has 1 aliphatic rings. The van der Waals surface area contributed by atoms with Gasteiger partial charge in [-0.15, -0.1) is 0 Å². The molecule has 0 aliphatic heterocycles. The highest BCUT2D eigenvalue weighted by atomic mass is 32.2. The van der Waals surface area contributed by atoms with Crippen LogP contribution in [0.4, 0.5) is 0 Å². The third-order valence-corrected chi connectivity index (χ3v) is 4.67. The van der Waals surface area contributed by atoms with Gasteiger partial charge in [0.25, 0.3) is 0 Å². The number of carbonyl (C=O) groups is 1. The number of hydrogen-bond donors (Lipinski definition) is 0. The predicted molar refractivity (Wildman–Crippen MR) is 71.3 cm³/mol. The van der Waals surface area contributed by atoms with Gasteiger partial charge in [-0.3, -0.25) is 0 Å². The summed E-state index contributed by atoms with van der Waals surface area (Å²) < 4.78 is 11.0. The number of ether oxygens (including phenoxy) is 2. The maximum atomic E-state index is 11.7. The van der Waals surface area contributed by atoms with Gasteiger partial charge in [0, 0.05) is 17.9 Å². The fourth-order valence-corrected chi connectivity index (χ4v) is 3.26. The van der Waals surface area contributed by atoms with Gasteiger partial charge in [-0.2, -0.15) is 11.8 Å². The normalized spacial score (nSPS) is 33.2. The van der Waals surface area contributed by atoms with Crippen LogP contribution in [-0.2, 0) is 14.3 Å². The van der Waals surface area contributed by atoms with Crippen molar-refractivity contribution in [1.82, 2.24) is 0 Å². The van der Waals surface area contributed by atoms with Crippen LogP contribution >= 0.6 is 11.8 Å². The van der Waals surface area contributed by atoms with E-state index in [4.69, 9.17) is 9.47 Å². The first kappa shape index (κ1) is 14.6. The standard InChI is InChI=1S/C13H22O3S/c1-9(2)12(14)16-13(3)7-6-10(15-4)8-11(13)17-5/h10-11H,1,6-8H2,2-5H3. The van der Waals surface area contributed by atoms with Gasteiger partial charge in [-0.05, 0) is 39.4 Å². The van der Waals surface area contributed by atoms with Crippen LogP contribution in [0.3, 0.4) is 0 Å². The Morgan fingerprint density at radius 1 is 1.53 bits per heavy atom. The summed E-state index contributed by atoms with van der Waals surface area (Å²) in [5, 5.41) is 0.282. The Hall–Kier alpha value is -0.480. The number of methoxy groups -OCH3 is 1. The van der Waals surface area contributed by atoms with Crippen LogP contribution in [0.5, 0.6) is 0 Å². The van der Waals surface area contributed by atoms with Gasteiger partial charge >= 0.3 is 5.97 Å². The van der Waals surface area contributed by atoms with Crippen molar-refractivity contribution in [2.24, 2.45) is 0 Å². The van der Waals surface area contributed by atoms with Gasteiger partial charge in [-0.25, -0.2) is 4.79 Å². The first-order valence-electron chi connectivity index (χ1n) is 5.87. The average molecular weight is 258 g/mol. The summed E-state index contributed by atoms with van der Waals surface area (Å²) in [5.74, 6) is -0.289. The van der Waals surface area contributed by atoms with Gasteiger partial charge in [0.2, 0.25) is 0 Å². The van der Waals surface area contributed by atoms with E-state index in [2.05, 4.69) is 12.8 Å². The molecule has 98 valence electrons. The van der Waals surface area contributed by atoms with Crippen LogP contribution in [0, 0.1) is 0 Å². The zero-order chi connectivity index (χ0) is 13.1. The smallest absolute Gasteiger partial charge is 0.333 e.